The average Bonchev–Trinajstić information content (AvgIpc) is 3.38. The maximum Gasteiger partial charge on any atom is 0.197 e. The largest absolute Gasteiger partial charge is 0.497 e. The van der Waals surface area contributed by atoms with Crippen molar-refractivity contribution >= 4 is 16.8 Å². The van der Waals surface area contributed by atoms with Crippen LogP contribution < -0.4 is 14.2 Å². The van der Waals surface area contributed by atoms with Crippen LogP contribution in [0.15, 0.2) is 77.4 Å². The highest BCUT2D eigenvalue weighted by Crippen LogP contribution is 2.37. The summed E-state index contributed by atoms with van der Waals surface area (Å²) in [5.74, 6) is 1.92. The minimum Gasteiger partial charge on any atom is -0.497 e. The highest BCUT2D eigenvalue weighted by molar-refractivity contribution is 6.17. The molecule has 1 atom stereocenters. The molecule has 0 N–H and O–H groups in total. The van der Waals surface area contributed by atoms with E-state index in [2.05, 4.69) is 17.0 Å². The molecule has 1 fully saturated rings. The van der Waals surface area contributed by atoms with Gasteiger partial charge in [-0.3, -0.25) is 9.69 Å². The Morgan fingerprint density at radius 1 is 0.917 bits per heavy atom. The van der Waals surface area contributed by atoms with Crippen molar-refractivity contribution in [1.82, 2.24) is 4.90 Å². The monoisotopic (exact) mass is 485 g/mol. The van der Waals surface area contributed by atoms with E-state index in [-0.39, 0.29) is 11.8 Å². The van der Waals surface area contributed by atoms with Crippen LogP contribution >= 0.6 is 0 Å². The summed E-state index contributed by atoms with van der Waals surface area (Å²) < 4.78 is 23.2. The Morgan fingerprint density at radius 3 is 2.33 bits per heavy atom. The number of carbonyl (C=O) groups is 1. The molecule has 36 heavy (non-hydrogen) atoms. The highest BCUT2D eigenvalue weighted by Gasteiger charge is 2.25. The number of carbonyl (C=O) groups excluding carboxylic acids is 1. The molecule has 1 aliphatic heterocycles. The third-order valence-electron chi connectivity index (χ3n) is 6.86. The molecule has 0 saturated carbocycles. The van der Waals surface area contributed by atoms with Crippen molar-refractivity contribution in [2.45, 2.75) is 25.3 Å². The molecule has 1 unspecified atom stereocenters. The fourth-order valence-electron chi connectivity index (χ4n) is 4.89. The van der Waals surface area contributed by atoms with Gasteiger partial charge in [-0.15, -0.1) is 0 Å². The van der Waals surface area contributed by atoms with Gasteiger partial charge in [-0.05, 0) is 43.6 Å². The second-order valence-electron chi connectivity index (χ2n) is 9.04. The molecule has 4 aromatic rings. The van der Waals surface area contributed by atoms with Crippen molar-refractivity contribution in [1.29, 1.82) is 0 Å². The molecule has 6 nitrogen and oxygen atoms in total. The number of furan rings is 1. The summed E-state index contributed by atoms with van der Waals surface area (Å²) in [6, 6.07) is 21.1. The third-order valence-corrected chi connectivity index (χ3v) is 6.86. The van der Waals surface area contributed by atoms with Gasteiger partial charge in [-0.1, -0.05) is 48.9 Å². The van der Waals surface area contributed by atoms with Crippen molar-refractivity contribution in [2.24, 2.45) is 0 Å². The van der Waals surface area contributed by atoms with Crippen LogP contribution in [0.2, 0.25) is 0 Å². The lowest BCUT2D eigenvalue weighted by molar-refractivity contribution is 0.103. The standard InChI is InChI=1S/C30H31NO5/c1-33-23-13-11-21(12-14-23)26(31-15-7-4-8-16-31)20-36-28-18-24(34-2)17-27-29(28)25(19-35-27)30(32)22-9-5-3-6-10-22/h3,5-6,9-14,17-19,26H,4,7-8,15-16,20H2,1-2H3. The van der Waals surface area contributed by atoms with Gasteiger partial charge >= 0.3 is 0 Å². The molecule has 3 aromatic carbocycles. The second-order valence-corrected chi connectivity index (χ2v) is 9.04. The second kappa shape index (κ2) is 10.9. The number of fused-ring (bicyclic) bond motifs is 1. The highest BCUT2D eigenvalue weighted by atomic mass is 16.5. The lowest BCUT2D eigenvalue weighted by atomic mass is 10.0. The van der Waals surface area contributed by atoms with E-state index in [4.69, 9.17) is 18.6 Å². The number of piperidine rings is 1. The zero-order chi connectivity index (χ0) is 24.9. The zero-order valence-corrected chi connectivity index (χ0v) is 20.7. The summed E-state index contributed by atoms with van der Waals surface area (Å²) in [7, 11) is 3.28. The molecule has 0 bridgehead atoms. The number of hydrogen-bond donors (Lipinski definition) is 0. The molecular formula is C30H31NO5. The van der Waals surface area contributed by atoms with Crippen molar-refractivity contribution in [3.63, 3.8) is 0 Å². The number of likely N-dealkylation sites (tertiary alicyclic amines) is 1. The Bertz CT molecular complexity index is 1310. The van der Waals surface area contributed by atoms with Gasteiger partial charge in [0, 0.05) is 17.7 Å². The zero-order valence-electron chi connectivity index (χ0n) is 20.7. The number of nitrogens with zero attached hydrogens (tertiary/aromatic N) is 1. The number of rotatable bonds is 9. The number of methoxy groups -OCH3 is 2. The minimum absolute atomic E-state index is 0.0673. The van der Waals surface area contributed by atoms with Crippen molar-refractivity contribution in [2.75, 3.05) is 33.9 Å². The van der Waals surface area contributed by atoms with Crippen LogP contribution in [-0.4, -0.2) is 44.6 Å². The number of hydrogen-bond acceptors (Lipinski definition) is 6. The Morgan fingerprint density at radius 2 is 1.64 bits per heavy atom. The normalized spacial score (nSPS) is 14.9. The molecule has 1 aliphatic rings. The van der Waals surface area contributed by atoms with Gasteiger partial charge < -0.3 is 18.6 Å². The molecular weight excluding hydrogens is 454 g/mol. The van der Waals surface area contributed by atoms with Crippen molar-refractivity contribution in [3.8, 4) is 17.2 Å². The van der Waals surface area contributed by atoms with Crippen molar-refractivity contribution < 1.29 is 23.4 Å². The maximum atomic E-state index is 13.3. The summed E-state index contributed by atoms with van der Waals surface area (Å²) in [4.78, 5) is 15.8. The quantitative estimate of drug-likeness (QED) is 0.260. The summed E-state index contributed by atoms with van der Waals surface area (Å²) in [6.07, 6.45) is 5.11. The first-order valence-electron chi connectivity index (χ1n) is 12.4. The molecule has 0 spiro atoms. The summed E-state index contributed by atoms with van der Waals surface area (Å²) in [6.45, 7) is 2.48. The van der Waals surface area contributed by atoms with E-state index in [0.717, 1.165) is 18.8 Å². The van der Waals surface area contributed by atoms with E-state index in [1.54, 1.807) is 32.4 Å². The van der Waals surface area contributed by atoms with Gasteiger partial charge in [-0.2, -0.15) is 0 Å². The van der Waals surface area contributed by atoms with Gasteiger partial charge in [0.25, 0.3) is 0 Å². The summed E-state index contributed by atoms with van der Waals surface area (Å²) in [5, 5.41) is 0.664. The Hall–Kier alpha value is -3.77. The SMILES string of the molecule is COc1ccc(C(COc2cc(OC)cc3occ(C(=O)c4ccccc4)c23)N2CCCCC2)cc1. The predicted molar refractivity (Wildman–Crippen MR) is 139 cm³/mol. The van der Waals surface area contributed by atoms with Crippen LogP contribution in [0.4, 0.5) is 0 Å². The van der Waals surface area contributed by atoms with Gasteiger partial charge in [0.05, 0.1) is 31.2 Å². The smallest absolute Gasteiger partial charge is 0.197 e. The van der Waals surface area contributed by atoms with Crippen molar-refractivity contribution in [3.05, 3.63) is 89.7 Å². The molecule has 0 amide bonds. The molecule has 0 radical (unpaired) electrons. The van der Waals surface area contributed by atoms with Crippen LogP contribution in [0.3, 0.4) is 0 Å². The van der Waals surface area contributed by atoms with Gasteiger partial charge in [0.15, 0.2) is 5.78 Å². The number of ether oxygens (including phenoxy) is 3. The molecule has 5 rings (SSSR count). The predicted octanol–water partition coefficient (Wildman–Crippen LogP) is 6.29. The fourth-order valence-corrected chi connectivity index (χ4v) is 4.89. The number of benzene rings is 3. The van der Waals surface area contributed by atoms with Gasteiger partial charge in [0.1, 0.15) is 35.7 Å². The van der Waals surface area contributed by atoms with E-state index in [9.17, 15) is 4.79 Å². The van der Waals surface area contributed by atoms with E-state index in [0.29, 0.717) is 40.2 Å². The van der Waals surface area contributed by atoms with Crippen LogP contribution in [0.1, 0.15) is 46.8 Å². The van der Waals surface area contributed by atoms with Crippen LogP contribution in [0.25, 0.3) is 11.0 Å². The molecule has 1 saturated heterocycles. The summed E-state index contributed by atoms with van der Waals surface area (Å²) >= 11 is 0. The Balaban J connectivity index is 1.49. The fraction of sp³-hybridized carbons (Fsp3) is 0.300. The Kier molecular flexibility index (Phi) is 7.23. The van der Waals surface area contributed by atoms with Crippen LogP contribution in [0, 0.1) is 0 Å². The average molecular weight is 486 g/mol. The lowest BCUT2D eigenvalue weighted by Gasteiger charge is -2.34. The topological polar surface area (TPSA) is 61.1 Å². The van der Waals surface area contributed by atoms with Crippen LogP contribution in [0.5, 0.6) is 17.2 Å². The molecule has 6 heteroatoms. The molecule has 0 aliphatic carbocycles. The van der Waals surface area contributed by atoms with Crippen LogP contribution in [-0.2, 0) is 0 Å². The lowest BCUT2D eigenvalue weighted by Crippen LogP contribution is -2.36. The Labute approximate surface area is 211 Å². The maximum absolute atomic E-state index is 13.3. The summed E-state index contributed by atoms with van der Waals surface area (Å²) in [5.41, 5.74) is 2.81. The minimum atomic E-state index is -0.105. The molecule has 186 valence electrons. The van der Waals surface area contributed by atoms with Gasteiger partial charge in [0.2, 0.25) is 0 Å². The molecule has 1 aromatic heterocycles. The third kappa shape index (κ3) is 4.95. The first kappa shape index (κ1) is 23.9. The van der Waals surface area contributed by atoms with E-state index in [1.807, 2.05) is 36.4 Å². The van der Waals surface area contributed by atoms with Gasteiger partial charge in [-0.25, -0.2) is 0 Å². The first-order chi connectivity index (χ1) is 17.7. The van der Waals surface area contributed by atoms with E-state index >= 15 is 0 Å². The molecule has 2 heterocycles. The first-order valence-corrected chi connectivity index (χ1v) is 12.4. The van der Waals surface area contributed by atoms with E-state index < -0.39 is 0 Å². The number of ketones is 1. The van der Waals surface area contributed by atoms with E-state index in [1.165, 1.54) is 31.1 Å².